The van der Waals surface area contributed by atoms with Crippen LogP contribution in [0.3, 0.4) is 0 Å². The van der Waals surface area contributed by atoms with Crippen molar-refractivity contribution < 1.29 is 19.7 Å². The van der Waals surface area contributed by atoms with Gasteiger partial charge in [0.1, 0.15) is 5.75 Å². The molecule has 0 bridgehead atoms. The molecule has 0 saturated carbocycles. The predicted octanol–water partition coefficient (Wildman–Crippen LogP) is 3.52. The quantitative estimate of drug-likeness (QED) is 0.530. The largest absolute Gasteiger partial charge is 0.505 e. The zero-order chi connectivity index (χ0) is 21.3. The molecule has 7 nitrogen and oxygen atoms in total. The number of hydrogen-bond donors (Lipinski definition) is 2. The summed E-state index contributed by atoms with van der Waals surface area (Å²) in [5.74, 6) is -1.18. The molecular formula is C23H18N2O5. The van der Waals surface area contributed by atoms with E-state index in [2.05, 4.69) is 4.98 Å². The minimum atomic E-state index is -1.35. The Morgan fingerprint density at radius 3 is 2.43 bits per heavy atom. The lowest BCUT2D eigenvalue weighted by atomic mass is 10.0. The van der Waals surface area contributed by atoms with Crippen molar-refractivity contribution in [1.82, 2.24) is 9.55 Å². The van der Waals surface area contributed by atoms with Crippen molar-refractivity contribution in [2.24, 2.45) is 0 Å². The highest BCUT2D eigenvalue weighted by atomic mass is 16.5. The van der Waals surface area contributed by atoms with Crippen molar-refractivity contribution in [1.29, 1.82) is 0 Å². The molecule has 4 rings (SSSR count). The topological polar surface area (TPSA) is 102 Å². The number of carbonyl (C=O) groups is 1. The molecule has 4 aromatic rings. The molecule has 0 spiro atoms. The Hall–Kier alpha value is -4.13. The smallest absolute Gasteiger partial charge is 0.358 e. The first kappa shape index (κ1) is 19.2. The number of rotatable bonds is 5. The van der Waals surface area contributed by atoms with Crippen molar-refractivity contribution in [3.63, 3.8) is 0 Å². The molecular weight excluding hydrogens is 384 g/mol. The number of aromatic carboxylic acids is 1. The predicted molar refractivity (Wildman–Crippen MR) is 112 cm³/mol. The van der Waals surface area contributed by atoms with E-state index < -0.39 is 17.4 Å². The Morgan fingerprint density at radius 1 is 1.10 bits per heavy atom. The summed E-state index contributed by atoms with van der Waals surface area (Å²) in [6.45, 7) is 0.244. The fraction of sp³-hybridized carbons (Fsp3) is 0.0870. The summed E-state index contributed by atoms with van der Waals surface area (Å²) >= 11 is 0. The van der Waals surface area contributed by atoms with Crippen LogP contribution in [0.5, 0.6) is 11.5 Å². The maximum absolute atomic E-state index is 13.4. The van der Waals surface area contributed by atoms with E-state index in [-0.39, 0.29) is 17.5 Å². The Balaban J connectivity index is 2.01. The number of ether oxygens (including phenoxy) is 1. The standard InChI is InChI=1S/C23H18N2O5/c1-30-16-9-7-15(8-10-16)17-11-18-19(12-24-20(21(18)26)23(28)29)25(22(17)27)13-14-5-3-2-4-6-14/h2-12,26H,13H2,1H3,(H,28,29). The van der Waals surface area contributed by atoms with Crippen LogP contribution in [0.1, 0.15) is 16.1 Å². The van der Waals surface area contributed by atoms with E-state index in [4.69, 9.17) is 4.74 Å². The van der Waals surface area contributed by atoms with Crippen LogP contribution in [-0.4, -0.2) is 32.8 Å². The fourth-order valence-corrected chi connectivity index (χ4v) is 3.38. The number of carboxylic acids is 1. The second-order valence-corrected chi connectivity index (χ2v) is 6.72. The van der Waals surface area contributed by atoms with Gasteiger partial charge in [-0.05, 0) is 29.3 Å². The zero-order valence-electron chi connectivity index (χ0n) is 16.1. The number of aromatic nitrogens is 2. The second kappa shape index (κ2) is 7.71. The van der Waals surface area contributed by atoms with Crippen LogP contribution in [0.15, 0.2) is 71.7 Å². The zero-order valence-corrected chi connectivity index (χ0v) is 16.1. The first-order chi connectivity index (χ1) is 14.5. The second-order valence-electron chi connectivity index (χ2n) is 6.72. The summed E-state index contributed by atoms with van der Waals surface area (Å²) < 4.78 is 6.66. The summed E-state index contributed by atoms with van der Waals surface area (Å²) in [6.07, 6.45) is 1.31. The van der Waals surface area contributed by atoms with Crippen LogP contribution in [0.4, 0.5) is 0 Å². The maximum atomic E-state index is 13.4. The van der Waals surface area contributed by atoms with Gasteiger partial charge in [-0.25, -0.2) is 9.78 Å². The molecule has 0 radical (unpaired) electrons. The third-order valence-corrected chi connectivity index (χ3v) is 4.91. The van der Waals surface area contributed by atoms with Gasteiger partial charge in [0.15, 0.2) is 11.4 Å². The first-order valence-electron chi connectivity index (χ1n) is 9.16. The van der Waals surface area contributed by atoms with Crippen molar-refractivity contribution in [3.05, 3.63) is 88.5 Å². The van der Waals surface area contributed by atoms with Gasteiger partial charge < -0.3 is 19.5 Å². The minimum absolute atomic E-state index is 0.240. The Labute approximate surface area is 171 Å². The molecule has 7 heteroatoms. The van der Waals surface area contributed by atoms with E-state index in [1.807, 2.05) is 30.3 Å². The minimum Gasteiger partial charge on any atom is -0.505 e. The van der Waals surface area contributed by atoms with E-state index in [1.54, 1.807) is 31.4 Å². The normalized spacial score (nSPS) is 10.8. The van der Waals surface area contributed by atoms with Crippen molar-refractivity contribution >= 4 is 16.9 Å². The highest BCUT2D eigenvalue weighted by molar-refractivity contribution is 5.98. The lowest BCUT2D eigenvalue weighted by Crippen LogP contribution is -2.23. The summed E-state index contributed by atoms with van der Waals surface area (Å²) in [5.41, 5.74) is 1.45. The number of nitrogens with zero attached hydrogens (tertiary/aromatic N) is 2. The molecule has 2 aromatic heterocycles. The van der Waals surface area contributed by atoms with Gasteiger partial charge in [0.05, 0.1) is 25.4 Å². The third-order valence-electron chi connectivity index (χ3n) is 4.91. The summed E-state index contributed by atoms with van der Waals surface area (Å²) in [6, 6.07) is 17.8. The van der Waals surface area contributed by atoms with Gasteiger partial charge >= 0.3 is 5.97 Å². The van der Waals surface area contributed by atoms with Crippen molar-refractivity contribution in [2.75, 3.05) is 7.11 Å². The van der Waals surface area contributed by atoms with Crippen molar-refractivity contribution in [2.45, 2.75) is 6.54 Å². The van der Waals surface area contributed by atoms with Gasteiger partial charge in [0.2, 0.25) is 0 Å². The van der Waals surface area contributed by atoms with Gasteiger partial charge in [0.25, 0.3) is 5.56 Å². The van der Waals surface area contributed by atoms with Gasteiger partial charge in [-0.2, -0.15) is 0 Å². The molecule has 2 heterocycles. The summed E-state index contributed by atoms with van der Waals surface area (Å²) in [5, 5.41) is 20.1. The first-order valence-corrected chi connectivity index (χ1v) is 9.16. The van der Waals surface area contributed by atoms with Crippen LogP contribution >= 0.6 is 0 Å². The fourth-order valence-electron chi connectivity index (χ4n) is 3.38. The lowest BCUT2D eigenvalue weighted by molar-refractivity contribution is 0.0687. The average molecular weight is 402 g/mol. The number of pyridine rings is 2. The van der Waals surface area contributed by atoms with Crippen LogP contribution in [0.2, 0.25) is 0 Å². The maximum Gasteiger partial charge on any atom is 0.358 e. The summed E-state index contributed by atoms with van der Waals surface area (Å²) in [7, 11) is 1.55. The molecule has 2 N–H and O–H groups in total. The molecule has 0 atom stereocenters. The molecule has 30 heavy (non-hydrogen) atoms. The van der Waals surface area contributed by atoms with E-state index in [0.717, 1.165) is 5.56 Å². The number of methoxy groups -OCH3 is 1. The van der Waals surface area contributed by atoms with Gasteiger partial charge in [-0.3, -0.25) is 4.79 Å². The number of aromatic hydroxyl groups is 1. The Morgan fingerprint density at radius 2 is 1.80 bits per heavy atom. The number of benzene rings is 2. The number of hydrogen-bond acceptors (Lipinski definition) is 5. The molecule has 0 aliphatic heterocycles. The van der Waals surface area contributed by atoms with Crippen LogP contribution in [0, 0.1) is 0 Å². The monoisotopic (exact) mass is 402 g/mol. The van der Waals surface area contributed by atoms with Gasteiger partial charge in [0, 0.05) is 10.9 Å². The molecule has 0 amide bonds. The van der Waals surface area contributed by atoms with Gasteiger partial charge in [-0.1, -0.05) is 42.5 Å². The Bertz CT molecular complexity index is 1300. The van der Waals surface area contributed by atoms with Crippen LogP contribution in [0.25, 0.3) is 22.0 Å². The van der Waals surface area contributed by atoms with Gasteiger partial charge in [-0.15, -0.1) is 0 Å². The van der Waals surface area contributed by atoms with E-state index in [9.17, 15) is 19.8 Å². The van der Waals surface area contributed by atoms with Crippen LogP contribution < -0.4 is 10.3 Å². The SMILES string of the molecule is COc1ccc(-c2cc3c(O)c(C(=O)O)ncc3n(Cc3ccccc3)c2=O)cc1. The average Bonchev–Trinajstić information content (AvgIpc) is 2.76. The molecule has 0 fully saturated rings. The number of carboxylic acid groups (broad SMARTS) is 1. The van der Waals surface area contributed by atoms with Crippen LogP contribution in [-0.2, 0) is 6.54 Å². The molecule has 0 aliphatic rings. The molecule has 2 aromatic carbocycles. The number of fused-ring (bicyclic) bond motifs is 1. The molecule has 150 valence electrons. The third kappa shape index (κ3) is 3.37. The molecule has 0 saturated heterocycles. The molecule has 0 aliphatic carbocycles. The van der Waals surface area contributed by atoms with E-state index in [1.165, 1.54) is 16.8 Å². The highest BCUT2D eigenvalue weighted by Gasteiger charge is 2.19. The lowest BCUT2D eigenvalue weighted by Gasteiger charge is -2.15. The molecule has 0 unspecified atom stereocenters. The van der Waals surface area contributed by atoms with E-state index >= 15 is 0 Å². The van der Waals surface area contributed by atoms with Crippen molar-refractivity contribution in [3.8, 4) is 22.6 Å². The highest BCUT2D eigenvalue weighted by Crippen LogP contribution is 2.30. The summed E-state index contributed by atoms with van der Waals surface area (Å²) in [4.78, 5) is 28.7. The van der Waals surface area contributed by atoms with E-state index in [0.29, 0.717) is 22.4 Å². The Kier molecular flexibility index (Phi) is 4.93.